The summed E-state index contributed by atoms with van der Waals surface area (Å²) < 4.78 is 0.757. The highest BCUT2D eigenvalue weighted by Crippen LogP contribution is 2.35. The number of carbonyl (C=O) groups is 1. The number of amides is 1. The van der Waals surface area contributed by atoms with E-state index in [0.717, 1.165) is 17.3 Å². The number of nitrogens with zero attached hydrogens (tertiary/aromatic N) is 1. The molecule has 2 atom stereocenters. The van der Waals surface area contributed by atoms with Crippen LogP contribution in [0.25, 0.3) is 0 Å². The zero-order chi connectivity index (χ0) is 12.4. The molecular weight excluding hydrogens is 304 g/mol. The van der Waals surface area contributed by atoms with E-state index in [1.54, 1.807) is 12.3 Å². The number of hydrogen-bond donors (Lipinski definition) is 1. The molecule has 1 amide bonds. The second kappa shape index (κ2) is 5.36. The molecule has 17 heavy (non-hydrogen) atoms. The summed E-state index contributed by atoms with van der Waals surface area (Å²) >= 11 is 9.18. The average molecular weight is 318 g/mol. The van der Waals surface area contributed by atoms with Gasteiger partial charge in [0, 0.05) is 16.7 Å². The molecule has 1 aromatic rings. The molecule has 1 aromatic heterocycles. The summed E-state index contributed by atoms with van der Waals surface area (Å²) in [6, 6.07) is 2.01. The summed E-state index contributed by atoms with van der Waals surface area (Å²) in [7, 11) is 0. The molecule has 0 saturated heterocycles. The number of carbonyl (C=O) groups excluding carboxylic acids is 1. The van der Waals surface area contributed by atoms with E-state index in [0.29, 0.717) is 17.5 Å². The van der Waals surface area contributed by atoms with Crippen LogP contribution in [0.3, 0.4) is 0 Å². The molecule has 1 heterocycles. The average Bonchev–Trinajstić information content (AvgIpc) is 3.00. The molecule has 0 spiro atoms. The summed E-state index contributed by atoms with van der Waals surface area (Å²) in [5.74, 6) is 0.509. The van der Waals surface area contributed by atoms with Gasteiger partial charge in [0.25, 0.3) is 5.91 Å². The molecule has 5 heteroatoms. The van der Waals surface area contributed by atoms with Crippen molar-refractivity contribution in [2.45, 2.75) is 32.2 Å². The van der Waals surface area contributed by atoms with Gasteiger partial charge in [0.2, 0.25) is 0 Å². The first-order valence-electron chi connectivity index (χ1n) is 5.73. The van der Waals surface area contributed by atoms with Crippen molar-refractivity contribution < 1.29 is 4.79 Å². The Labute approximate surface area is 114 Å². The predicted molar refractivity (Wildman–Crippen MR) is 71.2 cm³/mol. The van der Waals surface area contributed by atoms with Gasteiger partial charge in [0.15, 0.2) is 0 Å². The third-order valence-electron chi connectivity index (χ3n) is 2.95. The van der Waals surface area contributed by atoms with E-state index in [2.05, 4.69) is 33.2 Å². The molecule has 1 fully saturated rings. The van der Waals surface area contributed by atoms with Crippen LogP contribution < -0.4 is 5.32 Å². The van der Waals surface area contributed by atoms with Crippen LogP contribution in [0.1, 0.15) is 36.5 Å². The first-order chi connectivity index (χ1) is 8.11. The molecule has 3 nitrogen and oxygen atoms in total. The van der Waals surface area contributed by atoms with E-state index in [9.17, 15) is 4.79 Å². The number of rotatable bonds is 4. The van der Waals surface area contributed by atoms with Crippen molar-refractivity contribution in [3.05, 3.63) is 27.5 Å². The Hall–Kier alpha value is -0.610. The van der Waals surface area contributed by atoms with Gasteiger partial charge in [0.1, 0.15) is 5.15 Å². The second-order valence-electron chi connectivity index (χ2n) is 4.36. The Kier molecular flexibility index (Phi) is 4.05. The van der Waals surface area contributed by atoms with Gasteiger partial charge in [-0.3, -0.25) is 4.79 Å². The molecule has 0 aliphatic heterocycles. The van der Waals surface area contributed by atoms with Crippen molar-refractivity contribution in [2.75, 3.05) is 0 Å². The lowest BCUT2D eigenvalue weighted by atomic mass is 10.2. The predicted octanol–water partition coefficient (Wildman–Crippen LogP) is 3.42. The van der Waals surface area contributed by atoms with E-state index in [4.69, 9.17) is 11.6 Å². The first-order valence-corrected chi connectivity index (χ1v) is 6.90. The molecule has 0 aromatic carbocycles. The fraction of sp³-hybridized carbons (Fsp3) is 0.500. The van der Waals surface area contributed by atoms with Gasteiger partial charge in [-0.15, -0.1) is 0 Å². The van der Waals surface area contributed by atoms with Crippen molar-refractivity contribution in [2.24, 2.45) is 5.92 Å². The molecule has 92 valence electrons. The van der Waals surface area contributed by atoms with Gasteiger partial charge < -0.3 is 5.32 Å². The standard InChI is InChI=1S/C12H14BrClN2O/c1-2-3-7-4-10(7)16-12(17)9-5-8(13)6-15-11(9)14/h5-7,10H,2-4H2,1H3,(H,16,17). The Morgan fingerprint density at radius 2 is 2.47 bits per heavy atom. The van der Waals surface area contributed by atoms with Gasteiger partial charge in [-0.2, -0.15) is 0 Å². The van der Waals surface area contributed by atoms with Gasteiger partial charge >= 0.3 is 0 Å². The SMILES string of the molecule is CCCC1CC1NC(=O)c1cc(Br)cnc1Cl. The second-order valence-corrected chi connectivity index (χ2v) is 5.63. The highest BCUT2D eigenvalue weighted by molar-refractivity contribution is 9.10. The van der Waals surface area contributed by atoms with Gasteiger partial charge in [0.05, 0.1) is 5.56 Å². The van der Waals surface area contributed by atoms with Crippen LogP contribution in [-0.4, -0.2) is 16.9 Å². The van der Waals surface area contributed by atoms with Crippen LogP contribution in [0.4, 0.5) is 0 Å². The van der Waals surface area contributed by atoms with E-state index in [1.165, 1.54) is 6.42 Å². The highest BCUT2D eigenvalue weighted by atomic mass is 79.9. The minimum absolute atomic E-state index is 0.132. The van der Waals surface area contributed by atoms with Crippen LogP contribution in [0.2, 0.25) is 5.15 Å². The van der Waals surface area contributed by atoms with E-state index < -0.39 is 0 Å². The minimum Gasteiger partial charge on any atom is -0.349 e. The van der Waals surface area contributed by atoms with Crippen LogP contribution in [0, 0.1) is 5.92 Å². The number of halogens is 2. The Morgan fingerprint density at radius 1 is 1.71 bits per heavy atom. The number of hydrogen-bond acceptors (Lipinski definition) is 2. The zero-order valence-corrected chi connectivity index (χ0v) is 11.9. The molecule has 1 saturated carbocycles. The van der Waals surface area contributed by atoms with E-state index in [1.807, 2.05) is 0 Å². The smallest absolute Gasteiger partial charge is 0.254 e. The van der Waals surface area contributed by atoms with Crippen LogP contribution in [0.15, 0.2) is 16.7 Å². The third kappa shape index (κ3) is 3.19. The molecule has 1 N–H and O–H groups in total. The highest BCUT2D eigenvalue weighted by Gasteiger charge is 2.37. The first kappa shape index (κ1) is 12.8. The normalized spacial score (nSPS) is 22.3. The van der Waals surface area contributed by atoms with Gasteiger partial charge in [-0.25, -0.2) is 4.98 Å². The van der Waals surface area contributed by atoms with Gasteiger partial charge in [-0.05, 0) is 40.8 Å². The summed E-state index contributed by atoms with van der Waals surface area (Å²) in [6.07, 6.45) is 5.00. The van der Waals surface area contributed by atoms with E-state index in [-0.39, 0.29) is 11.1 Å². The molecular formula is C12H14BrClN2O. The van der Waals surface area contributed by atoms with Gasteiger partial charge in [-0.1, -0.05) is 24.9 Å². The Bertz CT molecular complexity index is 439. The van der Waals surface area contributed by atoms with E-state index >= 15 is 0 Å². The summed E-state index contributed by atoms with van der Waals surface area (Å²) in [5.41, 5.74) is 0.434. The lowest BCUT2D eigenvalue weighted by Crippen LogP contribution is -2.27. The largest absolute Gasteiger partial charge is 0.349 e. The molecule has 1 aliphatic rings. The van der Waals surface area contributed by atoms with Crippen LogP contribution >= 0.6 is 27.5 Å². The molecule has 1 aliphatic carbocycles. The number of pyridine rings is 1. The fourth-order valence-corrected chi connectivity index (χ4v) is 2.46. The van der Waals surface area contributed by atoms with Crippen molar-refractivity contribution in [1.82, 2.24) is 10.3 Å². The summed E-state index contributed by atoms with van der Waals surface area (Å²) in [5, 5.41) is 3.24. The monoisotopic (exact) mass is 316 g/mol. The molecule has 2 rings (SSSR count). The topological polar surface area (TPSA) is 42.0 Å². The van der Waals surface area contributed by atoms with Crippen LogP contribution in [-0.2, 0) is 0 Å². The van der Waals surface area contributed by atoms with Crippen molar-refractivity contribution in [3.8, 4) is 0 Å². The number of nitrogens with one attached hydrogen (secondary N) is 1. The zero-order valence-electron chi connectivity index (χ0n) is 9.54. The maximum absolute atomic E-state index is 12.0. The van der Waals surface area contributed by atoms with Crippen molar-refractivity contribution in [3.63, 3.8) is 0 Å². The quantitative estimate of drug-likeness (QED) is 0.865. The maximum atomic E-state index is 12.0. The molecule has 2 unspecified atom stereocenters. The Morgan fingerprint density at radius 3 is 3.18 bits per heavy atom. The number of aromatic nitrogens is 1. The van der Waals surface area contributed by atoms with Crippen molar-refractivity contribution in [1.29, 1.82) is 0 Å². The molecule has 0 bridgehead atoms. The minimum atomic E-state index is -0.132. The molecule has 0 radical (unpaired) electrons. The fourth-order valence-electron chi connectivity index (χ4n) is 1.94. The lowest BCUT2D eigenvalue weighted by molar-refractivity contribution is 0.0948. The van der Waals surface area contributed by atoms with Crippen molar-refractivity contribution >= 4 is 33.4 Å². The summed E-state index contributed by atoms with van der Waals surface area (Å²) in [6.45, 7) is 2.16. The Balaban J connectivity index is 1.98. The maximum Gasteiger partial charge on any atom is 0.254 e. The lowest BCUT2D eigenvalue weighted by Gasteiger charge is -2.06. The summed E-state index contributed by atoms with van der Waals surface area (Å²) in [4.78, 5) is 15.9. The third-order valence-corrected chi connectivity index (χ3v) is 3.68. The van der Waals surface area contributed by atoms with Crippen LogP contribution in [0.5, 0.6) is 0 Å².